The van der Waals surface area contributed by atoms with Crippen molar-refractivity contribution in [3.8, 4) is 0 Å². The Labute approximate surface area is 112 Å². The largest absolute Gasteiger partial charge is 0.497 e. The van der Waals surface area contributed by atoms with Crippen molar-refractivity contribution in [1.29, 1.82) is 0 Å². The highest BCUT2D eigenvalue weighted by atomic mass is 16.6. The first-order valence-electron chi connectivity index (χ1n) is 6.42. The molecule has 1 atom stereocenters. The molecule has 0 saturated carbocycles. The number of rotatable bonds is 5. The number of nitrogens with one attached hydrogen (secondary N) is 1. The van der Waals surface area contributed by atoms with Crippen LogP contribution in [0.25, 0.3) is 0 Å². The number of ether oxygens (including phenoxy) is 1. The number of benzene rings is 1. The molecule has 0 spiro atoms. The summed E-state index contributed by atoms with van der Waals surface area (Å²) < 4.78 is 5.46. The highest BCUT2D eigenvalue weighted by Gasteiger charge is 2.14. The molecule has 1 aliphatic heterocycles. The Balaban J connectivity index is 1.90. The summed E-state index contributed by atoms with van der Waals surface area (Å²) in [4.78, 5) is 10.5. The molecule has 0 bridgehead atoms. The van der Waals surface area contributed by atoms with Gasteiger partial charge in [-0.2, -0.15) is 0 Å². The Hall–Kier alpha value is -1.88. The van der Waals surface area contributed by atoms with Gasteiger partial charge in [0.2, 0.25) is 0 Å². The van der Waals surface area contributed by atoms with Gasteiger partial charge in [0.15, 0.2) is 0 Å². The molecule has 1 N–H and O–H groups in total. The second-order valence-corrected chi connectivity index (χ2v) is 4.66. The van der Waals surface area contributed by atoms with Crippen LogP contribution in [0.2, 0.25) is 0 Å². The molecule has 1 heterocycles. The minimum absolute atomic E-state index is 0.177. The van der Waals surface area contributed by atoms with Crippen molar-refractivity contribution in [2.75, 3.05) is 6.54 Å². The first kappa shape index (κ1) is 13.5. The van der Waals surface area contributed by atoms with E-state index in [1.54, 1.807) is 19.3 Å². The van der Waals surface area contributed by atoms with Gasteiger partial charge in [-0.05, 0) is 31.4 Å². The minimum Gasteiger partial charge on any atom is -0.497 e. The Morgan fingerprint density at radius 3 is 3.05 bits per heavy atom. The monoisotopic (exact) mass is 262 g/mol. The second kappa shape index (κ2) is 6.33. The van der Waals surface area contributed by atoms with Gasteiger partial charge in [0.05, 0.1) is 11.2 Å². The van der Waals surface area contributed by atoms with Gasteiger partial charge in [-0.1, -0.05) is 12.1 Å². The molecular formula is C14H18N2O3. The maximum absolute atomic E-state index is 10.9. The van der Waals surface area contributed by atoms with E-state index in [-0.39, 0.29) is 16.7 Å². The predicted molar refractivity (Wildman–Crippen MR) is 72.8 cm³/mol. The molecule has 1 aromatic carbocycles. The summed E-state index contributed by atoms with van der Waals surface area (Å²) in [5.74, 6) is 0. The molecule has 0 radical (unpaired) electrons. The summed E-state index contributed by atoms with van der Waals surface area (Å²) in [6.45, 7) is 3.17. The van der Waals surface area contributed by atoms with E-state index >= 15 is 0 Å². The van der Waals surface area contributed by atoms with Crippen molar-refractivity contribution < 1.29 is 9.66 Å². The normalized spacial score (nSPS) is 18.1. The number of allylic oxidation sites excluding steroid dienone is 1. The zero-order valence-electron chi connectivity index (χ0n) is 11.0. The van der Waals surface area contributed by atoms with E-state index in [0.717, 1.165) is 30.5 Å². The third-order valence-corrected chi connectivity index (χ3v) is 3.32. The predicted octanol–water partition coefficient (Wildman–Crippen LogP) is 2.69. The van der Waals surface area contributed by atoms with E-state index in [1.165, 1.54) is 6.07 Å². The van der Waals surface area contributed by atoms with Crippen molar-refractivity contribution in [3.05, 3.63) is 51.8 Å². The van der Waals surface area contributed by atoms with Gasteiger partial charge in [0.25, 0.3) is 5.69 Å². The Morgan fingerprint density at radius 1 is 1.53 bits per heavy atom. The number of nitro benzene ring substituents is 1. The zero-order valence-corrected chi connectivity index (χ0v) is 11.0. The van der Waals surface area contributed by atoms with Crippen molar-refractivity contribution in [3.63, 3.8) is 0 Å². The van der Waals surface area contributed by atoms with Gasteiger partial charge in [-0.15, -0.1) is 0 Å². The van der Waals surface area contributed by atoms with Crippen LogP contribution >= 0.6 is 0 Å². The molecule has 0 aliphatic carbocycles. The molecule has 0 amide bonds. The van der Waals surface area contributed by atoms with E-state index in [4.69, 9.17) is 4.74 Å². The summed E-state index contributed by atoms with van der Waals surface area (Å²) in [6, 6.07) is 5.17. The topological polar surface area (TPSA) is 64.4 Å². The van der Waals surface area contributed by atoms with Crippen LogP contribution in [0.1, 0.15) is 24.0 Å². The van der Waals surface area contributed by atoms with Gasteiger partial charge >= 0.3 is 0 Å². The molecule has 2 rings (SSSR count). The maximum Gasteiger partial charge on any atom is 0.272 e. The van der Waals surface area contributed by atoms with E-state index in [0.29, 0.717) is 6.54 Å². The molecule has 1 aliphatic rings. The van der Waals surface area contributed by atoms with Crippen molar-refractivity contribution in [1.82, 2.24) is 5.32 Å². The van der Waals surface area contributed by atoms with Crippen LogP contribution in [0, 0.1) is 17.0 Å². The Kier molecular flexibility index (Phi) is 4.52. The van der Waals surface area contributed by atoms with Gasteiger partial charge in [0.1, 0.15) is 6.10 Å². The van der Waals surface area contributed by atoms with Crippen LogP contribution in [0.3, 0.4) is 0 Å². The van der Waals surface area contributed by atoms with E-state index < -0.39 is 0 Å². The fourth-order valence-electron chi connectivity index (χ4n) is 2.16. The lowest BCUT2D eigenvalue weighted by Crippen LogP contribution is -2.29. The molecule has 1 aromatic rings. The molecule has 1 unspecified atom stereocenters. The van der Waals surface area contributed by atoms with Crippen LogP contribution in [-0.2, 0) is 11.3 Å². The number of nitro groups is 1. The first-order valence-corrected chi connectivity index (χ1v) is 6.42. The third-order valence-electron chi connectivity index (χ3n) is 3.32. The summed E-state index contributed by atoms with van der Waals surface area (Å²) in [5, 5.41) is 14.1. The van der Waals surface area contributed by atoms with Gasteiger partial charge in [-0.25, -0.2) is 0 Å². The number of hydrogen-bond donors (Lipinski definition) is 1. The highest BCUT2D eigenvalue weighted by molar-refractivity contribution is 5.44. The summed E-state index contributed by atoms with van der Waals surface area (Å²) in [7, 11) is 0. The van der Waals surface area contributed by atoms with E-state index in [1.807, 2.05) is 12.1 Å². The quantitative estimate of drug-likeness (QED) is 0.654. The standard InChI is InChI=1S/C14H18N2O3/c1-11-12(5-4-7-14(11)16(17)18)9-15-10-13-6-2-3-8-19-13/h3-5,7-8,13,15H,2,6,9-10H2,1H3. The molecule has 0 aromatic heterocycles. The van der Waals surface area contributed by atoms with E-state index in [2.05, 4.69) is 5.32 Å². The average Bonchev–Trinajstić information content (AvgIpc) is 2.41. The molecule has 5 nitrogen and oxygen atoms in total. The summed E-state index contributed by atoms with van der Waals surface area (Å²) in [5.41, 5.74) is 1.86. The molecule has 0 fully saturated rings. The molecule has 5 heteroatoms. The first-order chi connectivity index (χ1) is 9.18. The van der Waals surface area contributed by atoms with Crippen LogP contribution < -0.4 is 5.32 Å². The SMILES string of the molecule is Cc1c(CNCC2CCC=CO2)cccc1[N+](=O)[O-]. The van der Waals surface area contributed by atoms with Crippen LogP contribution in [0.4, 0.5) is 5.69 Å². The lowest BCUT2D eigenvalue weighted by Gasteiger charge is -2.20. The van der Waals surface area contributed by atoms with Crippen molar-refractivity contribution in [2.45, 2.75) is 32.4 Å². The maximum atomic E-state index is 10.9. The summed E-state index contributed by atoms with van der Waals surface area (Å²) >= 11 is 0. The lowest BCUT2D eigenvalue weighted by atomic mass is 10.1. The summed E-state index contributed by atoms with van der Waals surface area (Å²) in [6.07, 6.45) is 6.01. The van der Waals surface area contributed by atoms with Crippen LogP contribution in [0.15, 0.2) is 30.5 Å². The third kappa shape index (κ3) is 3.54. The Morgan fingerprint density at radius 2 is 2.37 bits per heavy atom. The second-order valence-electron chi connectivity index (χ2n) is 4.66. The minimum atomic E-state index is -0.339. The number of nitrogens with zero attached hydrogens (tertiary/aromatic N) is 1. The molecule has 102 valence electrons. The molecular weight excluding hydrogens is 244 g/mol. The zero-order chi connectivity index (χ0) is 13.7. The fourth-order valence-corrected chi connectivity index (χ4v) is 2.16. The number of hydrogen-bond acceptors (Lipinski definition) is 4. The highest BCUT2D eigenvalue weighted by Crippen LogP contribution is 2.20. The van der Waals surface area contributed by atoms with Gasteiger partial charge in [0, 0.05) is 24.7 Å². The van der Waals surface area contributed by atoms with Crippen LogP contribution in [0.5, 0.6) is 0 Å². The smallest absolute Gasteiger partial charge is 0.272 e. The van der Waals surface area contributed by atoms with Crippen molar-refractivity contribution in [2.24, 2.45) is 0 Å². The molecule has 0 saturated heterocycles. The van der Waals surface area contributed by atoms with Gasteiger partial charge < -0.3 is 10.1 Å². The fraction of sp³-hybridized carbons (Fsp3) is 0.429. The van der Waals surface area contributed by atoms with Crippen LogP contribution in [-0.4, -0.2) is 17.6 Å². The molecule has 19 heavy (non-hydrogen) atoms. The van der Waals surface area contributed by atoms with Gasteiger partial charge in [-0.3, -0.25) is 10.1 Å². The van der Waals surface area contributed by atoms with E-state index in [9.17, 15) is 10.1 Å². The lowest BCUT2D eigenvalue weighted by molar-refractivity contribution is -0.385. The average molecular weight is 262 g/mol. The van der Waals surface area contributed by atoms with Crippen molar-refractivity contribution >= 4 is 5.69 Å². The Bertz CT molecular complexity index is 486.